The van der Waals surface area contributed by atoms with E-state index >= 15 is 0 Å². The summed E-state index contributed by atoms with van der Waals surface area (Å²) in [5.74, 6) is 0. The van der Waals surface area contributed by atoms with E-state index in [1.807, 2.05) is 0 Å². The fraction of sp³-hybridized carbons (Fsp3) is 0.647. The summed E-state index contributed by atoms with van der Waals surface area (Å²) in [7, 11) is 1.68. The highest BCUT2D eigenvalue weighted by atomic mass is 16.5. The zero-order chi connectivity index (χ0) is 14.8. The molecule has 0 aromatic heterocycles. The predicted octanol–water partition coefficient (Wildman–Crippen LogP) is 2.33. The lowest BCUT2D eigenvalue weighted by Crippen LogP contribution is -2.28. The highest BCUT2D eigenvalue weighted by Crippen LogP contribution is 2.29. The highest BCUT2D eigenvalue weighted by Gasteiger charge is 2.18. The molecule has 21 heavy (non-hydrogen) atoms. The third-order valence-electron chi connectivity index (χ3n) is 3.81. The molecule has 1 N–H and O–H groups in total. The van der Waals surface area contributed by atoms with Gasteiger partial charge in [0.05, 0.1) is 33.0 Å². The summed E-state index contributed by atoms with van der Waals surface area (Å²) in [6.45, 7) is 4.17. The van der Waals surface area contributed by atoms with Gasteiger partial charge >= 0.3 is 0 Å². The number of benzene rings is 1. The van der Waals surface area contributed by atoms with E-state index in [0.29, 0.717) is 32.5 Å². The molecule has 0 amide bonds. The largest absolute Gasteiger partial charge is 0.382 e. The number of rotatable bonds is 10. The summed E-state index contributed by atoms with van der Waals surface area (Å²) in [6.07, 6.45) is 3.70. The van der Waals surface area contributed by atoms with Crippen molar-refractivity contribution >= 4 is 0 Å². The first-order valence-corrected chi connectivity index (χ1v) is 7.87. The van der Waals surface area contributed by atoms with Gasteiger partial charge in [-0.15, -0.1) is 0 Å². The van der Waals surface area contributed by atoms with Crippen LogP contribution in [0.4, 0.5) is 0 Å². The van der Waals surface area contributed by atoms with E-state index in [1.165, 1.54) is 30.4 Å². The quantitative estimate of drug-likeness (QED) is 0.672. The molecule has 0 bridgehead atoms. The average molecular weight is 293 g/mol. The molecule has 4 nitrogen and oxygen atoms in total. The summed E-state index contributed by atoms with van der Waals surface area (Å²) < 4.78 is 15.8. The molecule has 1 aliphatic rings. The maximum absolute atomic E-state index is 5.56. The van der Waals surface area contributed by atoms with Crippen LogP contribution < -0.4 is 5.32 Å². The van der Waals surface area contributed by atoms with Crippen LogP contribution in [0.15, 0.2) is 24.3 Å². The SMILES string of the molecule is COCCOCCOCCNC1CCCc2ccccc21. The van der Waals surface area contributed by atoms with E-state index in [0.717, 1.165) is 13.2 Å². The zero-order valence-corrected chi connectivity index (χ0v) is 13.0. The minimum atomic E-state index is 0.483. The molecule has 0 saturated heterocycles. The maximum Gasteiger partial charge on any atom is 0.0701 e. The highest BCUT2D eigenvalue weighted by molar-refractivity contribution is 5.32. The van der Waals surface area contributed by atoms with E-state index in [2.05, 4.69) is 29.6 Å². The van der Waals surface area contributed by atoms with Crippen molar-refractivity contribution in [2.75, 3.05) is 46.7 Å². The zero-order valence-electron chi connectivity index (χ0n) is 13.0. The van der Waals surface area contributed by atoms with E-state index in [9.17, 15) is 0 Å². The summed E-state index contributed by atoms with van der Waals surface area (Å²) in [6, 6.07) is 9.24. The van der Waals surface area contributed by atoms with E-state index < -0.39 is 0 Å². The van der Waals surface area contributed by atoms with E-state index in [-0.39, 0.29) is 0 Å². The van der Waals surface area contributed by atoms with Gasteiger partial charge in [-0.05, 0) is 30.4 Å². The van der Waals surface area contributed by atoms with Gasteiger partial charge in [-0.3, -0.25) is 0 Å². The molecule has 0 fully saturated rings. The van der Waals surface area contributed by atoms with E-state index in [1.54, 1.807) is 7.11 Å². The van der Waals surface area contributed by atoms with Gasteiger partial charge in [-0.25, -0.2) is 0 Å². The molecule has 1 unspecified atom stereocenters. The van der Waals surface area contributed by atoms with Crippen LogP contribution in [0.1, 0.15) is 30.0 Å². The monoisotopic (exact) mass is 293 g/mol. The minimum absolute atomic E-state index is 0.483. The Kier molecular flexibility index (Phi) is 7.75. The Labute approximate surface area is 127 Å². The second kappa shape index (κ2) is 9.90. The molecule has 4 heteroatoms. The van der Waals surface area contributed by atoms with E-state index in [4.69, 9.17) is 14.2 Å². The van der Waals surface area contributed by atoms with Gasteiger partial charge < -0.3 is 19.5 Å². The lowest BCUT2D eigenvalue weighted by Gasteiger charge is -2.26. The fourth-order valence-corrected chi connectivity index (χ4v) is 2.74. The molecule has 118 valence electrons. The first-order valence-electron chi connectivity index (χ1n) is 7.87. The number of fused-ring (bicyclic) bond motifs is 1. The average Bonchev–Trinajstić information content (AvgIpc) is 2.53. The van der Waals surface area contributed by atoms with Crippen molar-refractivity contribution in [3.63, 3.8) is 0 Å². The number of aryl methyl sites for hydroxylation is 1. The summed E-state index contributed by atoms with van der Waals surface area (Å²) in [4.78, 5) is 0. The van der Waals surface area contributed by atoms with Gasteiger partial charge in [0.25, 0.3) is 0 Å². The molecule has 0 radical (unpaired) electrons. The Balaban J connectivity index is 1.56. The normalized spacial score (nSPS) is 17.7. The Hall–Kier alpha value is -0.940. The molecule has 1 aliphatic carbocycles. The minimum Gasteiger partial charge on any atom is -0.382 e. The molecule has 2 rings (SSSR count). The van der Waals surface area contributed by atoms with Crippen LogP contribution in [0, 0.1) is 0 Å². The third kappa shape index (κ3) is 5.75. The first kappa shape index (κ1) is 16.4. The number of hydrogen-bond acceptors (Lipinski definition) is 4. The number of hydrogen-bond donors (Lipinski definition) is 1. The smallest absolute Gasteiger partial charge is 0.0701 e. The van der Waals surface area contributed by atoms with Crippen LogP contribution in [0.25, 0.3) is 0 Å². The molecule has 1 aromatic carbocycles. The van der Waals surface area contributed by atoms with Crippen molar-refractivity contribution in [3.8, 4) is 0 Å². The van der Waals surface area contributed by atoms with Crippen LogP contribution in [0.2, 0.25) is 0 Å². The van der Waals surface area contributed by atoms with Crippen molar-refractivity contribution in [2.45, 2.75) is 25.3 Å². The standard InChI is InChI=1S/C17H27NO3/c1-19-11-12-21-14-13-20-10-9-18-17-8-4-6-15-5-2-3-7-16(15)17/h2-3,5,7,17-18H,4,6,8-14H2,1H3. The van der Waals surface area contributed by atoms with Crippen LogP contribution >= 0.6 is 0 Å². The molecular weight excluding hydrogens is 266 g/mol. The molecule has 0 spiro atoms. The Morgan fingerprint density at radius 2 is 1.81 bits per heavy atom. The second-order valence-electron chi connectivity index (χ2n) is 5.32. The number of methoxy groups -OCH3 is 1. The number of ether oxygens (including phenoxy) is 3. The Morgan fingerprint density at radius 1 is 1.05 bits per heavy atom. The van der Waals surface area contributed by atoms with Crippen molar-refractivity contribution in [1.82, 2.24) is 5.32 Å². The van der Waals surface area contributed by atoms with Crippen molar-refractivity contribution < 1.29 is 14.2 Å². The number of nitrogens with one attached hydrogen (secondary N) is 1. The van der Waals surface area contributed by atoms with Gasteiger partial charge in [0.2, 0.25) is 0 Å². The molecule has 1 atom stereocenters. The molecular formula is C17H27NO3. The topological polar surface area (TPSA) is 39.7 Å². The van der Waals surface area contributed by atoms with Crippen LogP contribution in [-0.2, 0) is 20.6 Å². The summed E-state index contributed by atoms with van der Waals surface area (Å²) >= 11 is 0. The van der Waals surface area contributed by atoms with Crippen molar-refractivity contribution in [3.05, 3.63) is 35.4 Å². The summed E-state index contributed by atoms with van der Waals surface area (Å²) in [5.41, 5.74) is 2.96. The summed E-state index contributed by atoms with van der Waals surface area (Å²) in [5, 5.41) is 3.60. The van der Waals surface area contributed by atoms with Gasteiger partial charge in [0, 0.05) is 19.7 Å². The lowest BCUT2D eigenvalue weighted by molar-refractivity contribution is 0.0251. The maximum atomic E-state index is 5.56. The Morgan fingerprint density at radius 3 is 2.67 bits per heavy atom. The van der Waals surface area contributed by atoms with Gasteiger partial charge in [0.15, 0.2) is 0 Å². The molecule has 0 aliphatic heterocycles. The fourth-order valence-electron chi connectivity index (χ4n) is 2.74. The van der Waals surface area contributed by atoms with Crippen LogP contribution in [-0.4, -0.2) is 46.7 Å². The van der Waals surface area contributed by atoms with Crippen LogP contribution in [0.3, 0.4) is 0 Å². The van der Waals surface area contributed by atoms with Gasteiger partial charge in [-0.2, -0.15) is 0 Å². The van der Waals surface area contributed by atoms with Crippen LogP contribution in [0.5, 0.6) is 0 Å². The van der Waals surface area contributed by atoms with Crippen molar-refractivity contribution in [2.24, 2.45) is 0 Å². The molecule has 0 saturated carbocycles. The molecule has 1 aromatic rings. The predicted molar refractivity (Wildman–Crippen MR) is 83.6 cm³/mol. The third-order valence-corrected chi connectivity index (χ3v) is 3.81. The first-order chi connectivity index (χ1) is 10.4. The lowest BCUT2D eigenvalue weighted by atomic mass is 9.88. The second-order valence-corrected chi connectivity index (χ2v) is 5.32. The molecule has 0 heterocycles. The van der Waals surface area contributed by atoms with Crippen molar-refractivity contribution in [1.29, 1.82) is 0 Å². The van der Waals surface area contributed by atoms with Gasteiger partial charge in [-0.1, -0.05) is 24.3 Å². The Bertz CT molecular complexity index is 397. The van der Waals surface area contributed by atoms with Gasteiger partial charge in [0.1, 0.15) is 0 Å².